The van der Waals surface area contributed by atoms with E-state index in [4.69, 9.17) is 4.74 Å². The lowest BCUT2D eigenvalue weighted by molar-refractivity contribution is -0.138. The topological polar surface area (TPSA) is 80.7 Å². The smallest absolute Gasteiger partial charge is 0.189 e. The molecule has 5 nitrogen and oxygen atoms in total. The maximum absolute atomic E-state index is 12.4. The number of aliphatic hydroxyl groups excluding tert-OH is 1. The zero-order valence-electron chi connectivity index (χ0n) is 18.0. The largest absolute Gasteiger partial charge is 0.496 e. The Morgan fingerprint density at radius 2 is 2.10 bits per heavy atom. The molecule has 3 saturated carbocycles. The van der Waals surface area contributed by atoms with Gasteiger partial charge in [-0.2, -0.15) is 0 Å². The van der Waals surface area contributed by atoms with Crippen LogP contribution in [0.15, 0.2) is 23.5 Å². The average molecular weight is 433 g/mol. The highest BCUT2D eigenvalue weighted by Gasteiger charge is 2.65. The minimum atomic E-state index is -0.600. The minimum absolute atomic E-state index is 0.0678. The zero-order valence-corrected chi connectivity index (χ0v) is 18.9. The number of aliphatic hydroxyl groups is 1. The number of rotatable bonds is 5. The first-order valence-electron chi connectivity index (χ1n) is 11.1. The van der Waals surface area contributed by atoms with Gasteiger partial charge in [0.1, 0.15) is 12.0 Å². The van der Waals surface area contributed by atoms with Crippen molar-refractivity contribution >= 4 is 29.8 Å². The van der Waals surface area contributed by atoms with Crippen molar-refractivity contribution in [3.8, 4) is 0 Å². The molecule has 3 fully saturated rings. The summed E-state index contributed by atoms with van der Waals surface area (Å²) in [6, 6.07) is 0. The van der Waals surface area contributed by atoms with E-state index in [0.29, 0.717) is 18.1 Å². The Balaban J connectivity index is 1.73. The number of aldehydes is 1. The molecule has 164 valence electrons. The Kier molecular flexibility index (Phi) is 5.55. The van der Waals surface area contributed by atoms with Crippen LogP contribution in [0.25, 0.3) is 0 Å². The van der Waals surface area contributed by atoms with E-state index in [9.17, 15) is 19.5 Å². The van der Waals surface area contributed by atoms with Crippen molar-refractivity contribution < 1.29 is 24.2 Å². The number of carbonyl (C=O) groups is 3. The third kappa shape index (κ3) is 3.05. The van der Waals surface area contributed by atoms with Crippen LogP contribution in [0.5, 0.6) is 0 Å². The Hall–Kier alpha value is -1.40. The van der Waals surface area contributed by atoms with Gasteiger partial charge in [0.05, 0.1) is 18.1 Å². The molecule has 0 bridgehead atoms. The van der Waals surface area contributed by atoms with E-state index in [1.807, 2.05) is 0 Å². The molecule has 0 heterocycles. The van der Waals surface area contributed by atoms with E-state index in [1.165, 1.54) is 6.08 Å². The summed E-state index contributed by atoms with van der Waals surface area (Å²) in [5, 5.41) is 11.4. The number of fused-ring (bicyclic) bond motifs is 5. The molecule has 0 saturated heterocycles. The molecule has 0 aromatic carbocycles. The van der Waals surface area contributed by atoms with Gasteiger partial charge in [-0.1, -0.05) is 19.4 Å². The van der Waals surface area contributed by atoms with Crippen molar-refractivity contribution in [3.05, 3.63) is 23.5 Å². The Morgan fingerprint density at radius 1 is 1.37 bits per heavy atom. The molecule has 6 heteroatoms. The molecule has 0 aromatic rings. The van der Waals surface area contributed by atoms with Gasteiger partial charge in [-0.3, -0.25) is 9.59 Å². The molecule has 0 unspecified atom stereocenters. The van der Waals surface area contributed by atoms with Gasteiger partial charge in [0.2, 0.25) is 0 Å². The molecule has 1 N–H and O–H groups in total. The average Bonchev–Trinajstić information content (AvgIpc) is 2.92. The summed E-state index contributed by atoms with van der Waals surface area (Å²) in [4.78, 5) is 35.5. The molecule has 0 aliphatic heterocycles. The highest BCUT2D eigenvalue weighted by Crippen LogP contribution is 2.68. The van der Waals surface area contributed by atoms with Crippen LogP contribution in [0.2, 0.25) is 0 Å². The molecule has 8 atom stereocenters. The lowest BCUT2D eigenvalue weighted by atomic mass is 9.46. The lowest BCUT2D eigenvalue weighted by Gasteiger charge is -2.59. The number of ether oxygens (including phenoxy) is 1. The van der Waals surface area contributed by atoms with Crippen LogP contribution < -0.4 is 0 Å². The molecular weight excluding hydrogens is 400 g/mol. The zero-order chi connectivity index (χ0) is 21.8. The second-order valence-corrected chi connectivity index (χ2v) is 10.7. The summed E-state index contributed by atoms with van der Waals surface area (Å²) in [7, 11) is 0. The summed E-state index contributed by atoms with van der Waals surface area (Å²) in [6.07, 6.45) is 6.92. The van der Waals surface area contributed by atoms with Crippen molar-refractivity contribution in [2.45, 2.75) is 59.0 Å². The number of hydrogen-bond donors (Lipinski definition) is 2. The van der Waals surface area contributed by atoms with E-state index in [-0.39, 0.29) is 53.0 Å². The number of allylic oxidation sites excluding steroid dienone is 3. The molecule has 0 amide bonds. The lowest BCUT2D eigenvalue weighted by Crippen LogP contribution is -2.57. The van der Waals surface area contributed by atoms with Gasteiger partial charge in [-0.05, 0) is 61.9 Å². The maximum Gasteiger partial charge on any atom is 0.189 e. The van der Waals surface area contributed by atoms with Gasteiger partial charge in [-0.15, -0.1) is 12.6 Å². The summed E-state index contributed by atoms with van der Waals surface area (Å²) >= 11 is 4.21. The van der Waals surface area contributed by atoms with Crippen LogP contribution in [0.4, 0.5) is 0 Å². The standard InChI is InChI=1S/C24H32O5S/c1-13-9-17-16-6-5-14-10-15(26)11-19(29-8-4-7-25)24(14,3)21(16)18(27)12-23(17,2)20(13)22(28)30/h7,10-11,13,16-18,20-21,27H,4-6,8-9,12H2,1-3H3,(H,28,30)/t13-,16+,17+,18+,20-,21-,23+,24-/m1/s1. The third-order valence-electron chi connectivity index (χ3n) is 8.74. The third-order valence-corrected chi connectivity index (χ3v) is 9.01. The van der Waals surface area contributed by atoms with Crippen LogP contribution >= 0.6 is 12.6 Å². The predicted molar refractivity (Wildman–Crippen MR) is 116 cm³/mol. The van der Waals surface area contributed by atoms with Crippen LogP contribution in [0.3, 0.4) is 0 Å². The van der Waals surface area contributed by atoms with E-state index in [1.54, 1.807) is 6.08 Å². The maximum atomic E-state index is 12.4. The van der Waals surface area contributed by atoms with Crippen LogP contribution in [0, 0.1) is 40.4 Å². The second-order valence-electron chi connectivity index (χ2n) is 10.2. The highest BCUT2D eigenvalue weighted by atomic mass is 32.1. The Bertz CT molecular complexity index is 831. The number of hydrogen-bond acceptors (Lipinski definition) is 5. The van der Waals surface area contributed by atoms with Crippen molar-refractivity contribution in [2.24, 2.45) is 40.4 Å². The second kappa shape index (κ2) is 7.63. The molecule has 4 rings (SSSR count). The highest BCUT2D eigenvalue weighted by molar-refractivity contribution is 7.96. The molecule has 4 aliphatic rings. The quantitative estimate of drug-likeness (QED) is 0.395. The van der Waals surface area contributed by atoms with Crippen LogP contribution in [0.1, 0.15) is 52.9 Å². The summed E-state index contributed by atoms with van der Waals surface area (Å²) in [6.45, 7) is 6.61. The first-order chi connectivity index (χ1) is 14.1. The van der Waals surface area contributed by atoms with Crippen LogP contribution in [-0.4, -0.2) is 35.0 Å². The monoisotopic (exact) mass is 432 g/mol. The fourth-order valence-electron chi connectivity index (χ4n) is 7.70. The number of ketones is 1. The summed E-state index contributed by atoms with van der Waals surface area (Å²) < 4.78 is 5.97. The number of carbonyl (C=O) groups excluding carboxylic acids is 3. The van der Waals surface area contributed by atoms with Crippen LogP contribution in [-0.2, 0) is 19.1 Å². The van der Waals surface area contributed by atoms with E-state index < -0.39 is 11.5 Å². The minimum Gasteiger partial charge on any atom is -0.496 e. The normalized spacial score (nSPS) is 44.9. The van der Waals surface area contributed by atoms with Crippen molar-refractivity contribution in [1.29, 1.82) is 0 Å². The molecule has 4 aliphatic carbocycles. The van der Waals surface area contributed by atoms with Gasteiger partial charge in [0.25, 0.3) is 0 Å². The van der Waals surface area contributed by atoms with E-state index in [2.05, 4.69) is 33.4 Å². The van der Waals surface area contributed by atoms with Gasteiger partial charge in [0, 0.05) is 24.3 Å². The SMILES string of the molecule is C[C@@H]1C[C@H]2[C@@H]3CCC4=CC(=O)C=C(OCCC=O)[C@]4(C)[C@H]3[C@@H](O)C[C@]2(C)[C@H]1C(=O)S. The van der Waals surface area contributed by atoms with Gasteiger partial charge in [0.15, 0.2) is 10.9 Å². The van der Waals surface area contributed by atoms with E-state index >= 15 is 0 Å². The predicted octanol–water partition coefficient (Wildman–Crippen LogP) is 3.52. The molecule has 30 heavy (non-hydrogen) atoms. The first-order valence-corrected chi connectivity index (χ1v) is 11.5. The van der Waals surface area contributed by atoms with Crippen molar-refractivity contribution in [2.75, 3.05) is 6.61 Å². The van der Waals surface area contributed by atoms with Gasteiger partial charge in [-0.25, -0.2) is 0 Å². The first kappa shape index (κ1) is 21.8. The van der Waals surface area contributed by atoms with Crippen molar-refractivity contribution in [1.82, 2.24) is 0 Å². The summed E-state index contributed by atoms with van der Waals surface area (Å²) in [5.41, 5.74) is 0.198. The Labute approximate surface area is 183 Å². The molecule has 0 aromatic heterocycles. The number of thiol groups is 1. The molecular formula is C24H32O5S. The van der Waals surface area contributed by atoms with Gasteiger partial charge >= 0.3 is 0 Å². The molecule has 0 spiro atoms. The fraction of sp³-hybridized carbons (Fsp3) is 0.708. The van der Waals surface area contributed by atoms with E-state index in [0.717, 1.165) is 31.1 Å². The fourth-order valence-corrected chi connectivity index (χ4v) is 8.25. The van der Waals surface area contributed by atoms with Gasteiger partial charge < -0.3 is 14.6 Å². The van der Waals surface area contributed by atoms with Crippen molar-refractivity contribution in [3.63, 3.8) is 0 Å². The Morgan fingerprint density at radius 3 is 2.77 bits per heavy atom. The molecule has 0 radical (unpaired) electrons. The summed E-state index contributed by atoms with van der Waals surface area (Å²) in [5.74, 6) is 1.09.